The minimum atomic E-state index is 0.360. The summed E-state index contributed by atoms with van der Waals surface area (Å²) >= 11 is 0. The van der Waals surface area contributed by atoms with Gasteiger partial charge in [-0.25, -0.2) is 9.97 Å². The van der Waals surface area contributed by atoms with Gasteiger partial charge in [0.15, 0.2) is 11.2 Å². The summed E-state index contributed by atoms with van der Waals surface area (Å²) in [6, 6.07) is 11.7. The SMILES string of the molecule is Cc1ccc2oc(C#Cc3nc4cc(C)ccc4o3)nc2c1. The number of rotatable bonds is 0. The topological polar surface area (TPSA) is 52.1 Å². The Morgan fingerprint density at radius 2 is 1.18 bits per heavy atom. The van der Waals surface area contributed by atoms with Crippen LogP contribution in [0.1, 0.15) is 22.9 Å². The molecule has 0 amide bonds. The van der Waals surface area contributed by atoms with Crippen LogP contribution in [0.4, 0.5) is 0 Å². The maximum atomic E-state index is 5.58. The van der Waals surface area contributed by atoms with E-state index < -0.39 is 0 Å². The van der Waals surface area contributed by atoms with Gasteiger partial charge in [0.2, 0.25) is 0 Å². The molecule has 0 unspecified atom stereocenters. The van der Waals surface area contributed by atoms with Crippen LogP contribution in [0.25, 0.3) is 22.2 Å². The average Bonchev–Trinajstić information content (AvgIpc) is 3.07. The zero-order valence-electron chi connectivity index (χ0n) is 12.2. The Labute approximate surface area is 126 Å². The summed E-state index contributed by atoms with van der Waals surface area (Å²) in [4.78, 5) is 8.69. The fourth-order valence-corrected chi connectivity index (χ4v) is 2.29. The van der Waals surface area contributed by atoms with E-state index in [2.05, 4.69) is 21.8 Å². The lowest BCUT2D eigenvalue weighted by Crippen LogP contribution is -1.75. The highest BCUT2D eigenvalue weighted by Crippen LogP contribution is 2.18. The van der Waals surface area contributed by atoms with Crippen LogP contribution >= 0.6 is 0 Å². The molecule has 4 aromatic rings. The fourth-order valence-electron chi connectivity index (χ4n) is 2.29. The standard InChI is InChI=1S/C18H12N2O2/c1-11-3-5-15-13(9-11)19-17(21-15)7-8-18-20-14-10-12(2)4-6-16(14)22-18/h3-6,9-10H,1-2H3. The van der Waals surface area contributed by atoms with E-state index in [4.69, 9.17) is 8.83 Å². The summed E-state index contributed by atoms with van der Waals surface area (Å²) in [5.74, 6) is 6.44. The van der Waals surface area contributed by atoms with Crippen LogP contribution in [0.2, 0.25) is 0 Å². The number of fused-ring (bicyclic) bond motifs is 2. The van der Waals surface area contributed by atoms with Gasteiger partial charge in [-0.15, -0.1) is 0 Å². The second-order valence-corrected chi connectivity index (χ2v) is 5.23. The Morgan fingerprint density at radius 1 is 0.727 bits per heavy atom. The third-order valence-corrected chi connectivity index (χ3v) is 3.36. The van der Waals surface area contributed by atoms with Gasteiger partial charge < -0.3 is 8.83 Å². The highest BCUT2D eigenvalue weighted by atomic mass is 16.4. The van der Waals surface area contributed by atoms with Crippen molar-refractivity contribution in [1.82, 2.24) is 9.97 Å². The molecular weight excluding hydrogens is 276 g/mol. The quantitative estimate of drug-likeness (QED) is 0.459. The minimum Gasteiger partial charge on any atom is -0.430 e. The average molecular weight is 288 g/mol. The van der Waals surface area contributed by atoms with Crippen LogP contribution in [-0.2, 0) is 0 Å². The number of aryl methyl sites for hydroxylation is 2. The molecule has 0 aliphatic heterocycles. The zero-order chi connectivity index (χ0) is 15.1. The molecule has 4 heteroatoms. The molecule has 0 atom stereocenters. The summed E-state index contributed by atoms with van der Waals surface area (Å²) < 4.78 is 11.2. The van der Waals surface area contributed by atoms with Crippen LogP contribution in [0, 0.1) is 25.7 Å². The monoisotopic (exact) mass is 288 g/mol. The van der Waals surface area contributed by atoms with Crippen molar-refractivity contribution < 1.29 is 8.83 Å². The molecule has 0 radical (unpaired) electrons. The van der Waals surface area contributed by atoms with Crippen LogP contribution in [-0.4, -0.2) is 9.97 Å². The van der Waals surface area contributed by atoms with E-state index in [0.29, 0.717) is 11.8 Å². The Kier molecular flexibility index (Phi) is 2.73. The van der Waals surface area contributed by atoms with E-state index in [1.807, 2.05) is 50.2 Å². The Balaban J connectivity index is 1.73. The van der Waals surface area contributed by atoms with Gasteiger partial charge in [-0.2, -0.15) is 0 Å². The van der Waals surface area contributed by atoms with Crippen molar-refractivity contribution in [3.63, 3.8) is 0 Å². The van der Waals surface area contributed by atoms with Crippen LogP contribution in [0.3, 0.4) is 0 Å². The molecule has 0 saturated heterocycles. The third-order valence-electron chi connectivity index (χ3n) is 3.36. The second kappa shape index (κ2) is 4.74. The number of nitrogens with zero attached hydrogens (tertiary/aromatic N) is 2. The van der Waals surface area contributed by atoms with Crippen molar-refractivity contribution in [3.8, 4) is 11.8 Å². The molecule has 0 saturated carbocycles. The molecule has 0 N–H and O–H groups in total. The number of hydrogen-bond acceptors (Lipinski definition) is 4. The van der Waals surface area contributed by atoms with E-state index in [9.17, 15) is 0 Å². The van der Waals surface area contributed by atoms with Gasteiger partial charge >= 0.3 is 0 Å². The van der Waals surface area contributed by atoms with Gasteiger partial charge in [0, 0.05) is 11.8 Å². The number of aromatic nitrogens is 2. The Bertz CT molecular complexity index is 977. The van der Waals surface area contributed by atoms with Gasteiger partial charge in [-0.1, -0.05) is 12.1 Å². The molecule has 106 valence electrons. The lowest BCUT2D eigenvalue weighted by molar-refractivity contribution is 0.580. The van der Waals surface area contributed by atoms with Crippen LogP contribution in [0.5, 0.6) is 0 Å². The molecule has 2 aromatic carbocycles. The molecule has 0 aliphatic carbocycles. The van der Waals surface area contributed by atoms with Crippen LogP contribution < -0.4 is 0 Å². The predicted octanol–water partition coefficient (Wildman–Crippen LogP) is 3.99. The maximum Gasteiger partial charge on any atom is 0.274 e. The molecular formula is C18H12N2O2. The largest absolute Gasteiger partial charge is 0.430 e. The van der Waals surface area contributed by atoms with Crippen molar-refractivity contribution >= 4 is 22.2 Å². The van der Waals surface area contributed by atoms with Crippen molar-refractivity contribution in [3.05, 3.63) is 59.3 Å². The van der Waals surface area contributed by atoms with E-state index in [0.717, 1.165) is 33.3 Å². The molecule has 0 bridgehead atoms. The van der Waals surface area contributed by atoms with Gasteiger partial charge in [-0.3, -0.25) is 0 Å². The Morgan fingerprint density at radius 3 is 1.64 bits per heavy atom. The van der Waals surface area contributed by atoms with E-state index >= 15 is 0 Å². The maximum absolute atomic E-state index is 5.58. The van der Waals surface area contributed by atoms with E-state index in [1.54, 1.807) is 0 Å². The van der Waals surface area contributed by atoms with Gasteiger partial charge in [0.25, 0.3) is 11.8 Å². The normalized spacial score (nSPS) is 10.8. The summed E-state index contributed by atoms with van der Waals surface area (Å²) in [5, 5.41) is 0. The van der Waals surface area contributed by atoms with Crippen molar-refractivity contribution in [2.24, 2.45) is 0 Å². The first-order chi connectivity index (χ1) is 10.7. The first-order valence-corrected chi connectivity index (χ1v) is 6.94. The Hall–Kier alpha value is -3.06. The smallest absolute Gasteiger partial charge is 0.274 e. The fraction of sp³-hybridized carbons (Fsp3) is 0.111. The highest BCUT2D eigenvalue weighted by Gasteiger charge is 2.05. The summed E-state index contributed by atoms with van der Waals surface area (Å²) in [6.07, 6.45) is 0. The van der Waals surface area contributed by atoms with Crippen molar-refractivity contribution in [2.75, 3.05) is 0 Å². The second-order valence-electron chi connectivity index (χ2n) is 5.23. The van der Waals surface area contributed by atoms with Crippen molar-refractivity contribution in [1.29, 1.82) is 0 Å². The first-order valence-electron chi connectivity index (χ1n) is 6.94. The molecule has 22 heavy (non-hydrogen) atoms. The summed E-state index contributed by atoms with van der Waals surface area (Å²) in [6.45, 7) is 4.03. The van der Waals surface area contributed by atoms with Gasteiger partial charge in [0.1, 0.15) is 11.0 Å². The van der Waals surface area contributed by atoms with Gasteiger partial charge in [0.05, 0.1) is 0 Å². The highest BCUT2D eigenvalue weighted by molar-refractivity contribution is 5.75. The molecule has 0 aliphatic rings. The molecule has 0 fully saturated rings. The minimum absolute atomic E-state index is 0.360. The van der Waals surface area contributed by atoms with E-state index in [1.165, 1.54) is 0 Å². The lowest BCUT2D eigenvalue weighted by atomic mass is 10.2. The number of oxazole rings is 2. The van der Waals surface area contributed by atoms with Crippen LogP contribution in [0.15, 0.2) is 45.2 Å². The zero-order valence-corrected chi connectivity index (χ0v) is 12.2. The van der Waals surface area contributed by atoms with Crippen molar-refractivity contribution in [2.45, 2.75) is 13.8 Å². The molecule has 0 spiro atoms. The predicted molar refractivity (Wildman–Crippen MR) is 83.5 cm³/mol. The molecule has 4 nitrogen and oxygen atoms in total. The summed E-state index contributed by atoms with van der Waals surface area (Å²) in [7, 11) is 0. The summed E-state index contributed by atoms with van der Waals surface area (Å²) in [5.41, 5.74) is 5.32. The van der Waals surface area contributed by atoms with Gasteiger partial charge in [-0.05, 0) is 49.2 Å². The third kappa shape index (κ3) is 2.23. The molecule has 2 aromatic heterocycles. The molecule has 4 rings (SSSR count). The molecule has 2 heterocycles. The first kappa shape index (κ1) is 12.7. The number of hydrogen-bond donors (Lipinski definition) is 0. The number of benzene rings is 2. The lowest BCUT2D eigenvalue weighted by Gasteiger charge is -1.87. The van der Waals surface area contributed by atoms with E-state index in [-0.39, 0.29) is 0 Å².